The minimum Gasteiger partial charge on any atom is -0.345 e. The zero-order valence-corrected chi connectivity index (χ0v) is 7.01. The molecule has 0 radical (unpaired) electrons. The van der Waals surface area contributed by atoms with Gasteiger partial charge in [0.2, 0.25) is 0 Å². The van der Waals surface area contributed by atoms with E-state index in [2.05, 4.69) is 20.0 Å². The summed E-state index contributed by atoms with van der Waals surface area (Å²) in [6, 6.07) is 3.45. The van der Waals surface area contributed by atoms with Gasteiger partial charge in [0.05, 0.1) is 5.56 Å². The third-order valence-corrected chi connectivity index (χ3v) is 1.82. The van der Waals surface area contributed by atoms with Crippen molar-refractivity contribution >= 4 is 16.9 Å². The van der Waals surface area contributed by atoms with Crippen molar-refractivity contribution in [1.29, 1.82) is 0 Å². The summed E-state index contributed by atoms with van der Waals surface area (Å²) in [5.41, 5.74) is 9.06. The Morgan fingerprint density at radius 3 is 3.29 bits per heavy atom. The Balaban J connectivity index is 2.64. The van der Waals surface area contributed by atoms with Crippen molar-refractivity contribution in [3.63, 3.8) is 0 Å². The largest absolute Gasteiger partial charge is 0.345 e. The minimum absolute atomic E-state index is 0.339. The summed E-state index contributed by atoms with van der Waals surface area (Å²) in [5, 5.41) is 3.67. The van der Waals surface area contributed by atoms with Gasteiger partial charge in [-0.25, -0.2) is 4.98 Å². The molecule has 0 saturated heterocycles. The molecule has 2 aromatic heterocycles. The first kappa shape index (κ1) is 8.28. The van der Waals surface area contributed by atoms with E-state index in [1.54, 1.807) is 18.3 Å². The van der Waals surface area contributed by atoms with Crippen LogP contribution in [0.4, 0.5) is 0 Å². The van der Waals surface area contributed by atoms with E-state index in [0.717, 1.165) is 0 Å². The maximum absolute atomic E-state index is 11.3. The summed E-state index contributed by atoms with van der Waals surface area (Å²) in [6.45, 7) is 0. The van der Waals surface area contributed by atoms with Crippen LogP contribution in [0.2, 0.25) is 0 Å². The average molecular weight is 187 g/mol. The molecule has 0 aliphatic carbocycles. The van der Waals surface area contributed by atoms with E-state index >= 15 is 0 Å². The van der Waals surface area contributed by atoms with Gasteiger partial charge in [-0.2, -0.15) is 0 Å². The third kappa shape index (κ3) is 1.19. The van der Waals surface area contributed by atoms with Crippen LogP contribution in [0.5, 0.6) is 0 Å². The van der Waals surface area contributed by atoms with E-state index < -0.39 is 5.91 Å². The van der Waals surface area contributed by atoms with Gasteiger partial charge >= 0.3 is 0 Å². The highest BCUT2D eigenvalue weighted by Crippen LogP contribution is 2.16. The lowest BCUT2D eigenvalue weighted by Gasteiger charge is -1.89. The molecule has 0 spiro atoms. The molecule has 0 fully saturated rings. The second kappa shape index (κ2) is 3.20. The zero-order chi connectivity index (χ0) is 9.97. The van der Waals surface area contributed by atoms with Crippen LogP contribution in [-0.4, -0.2) is 15.9 Å². The number of aromatic amines is 1. The van der Waals surface area contributed by atoms with Gasteiger partial charge in [0.25, 0.3) is 5.91 Å². The minimum atomic E-state index is -0.605. The van der Waals surface area contributed by atoms with Crippen molar-refractivity contribution in [2.24, 2.45) is 5.11 Å². The van der Waals surface area contributed by atoms with Crippen LogP contribution < -0.4 is 0 Å². The molecule has 1 N–H and O–H groups in total. The molecule has 0 bridgehead atoms. The predicted octanol–water partition coefficient (Wildman–Crippen LogP) is 2.01. The quantitative estimate of drug-likeness (QED) is 0.420. The smallest absolute Gasteiger partial charge is 0.251 e. The summed E-state index contributed by atoms with van der Waals surface area (Å²) in [7, 11) is 0. The highest BCUT2D eigenvalue weighted by molar-refractivity contribution is 6.06. The second-order valence-corrected chi connectivity index (χ2v) is 2.60. The van der Waals surface area contributed by atoms with Gasteiger partial charge in [0.15, 0.2) is 0 Å². The molecule has 0 saturated carbocycles. The Morgan fingerprint density at radius 2 is 2.50 bits per heavy atom. The highest BCUT2D eigenvalue weighted by Gasteiger charge is 2.09. The lowest BCUT2D eigenvalue weighted by molar-refractivity contribution is 0.100. The number of fused-ring (bicyclic) bond motifs is 1. The van der Waals surface area contributed by atoms with E-state index in [1.165, 1.54) is 6.20 Å². The highest BCUT2D eigenvalue weighted by atomic mass is 16.1. The molecule has 0 atom stereocenters. The Labute approximate surface area is 78.2 Å². The molecule has 2 aromatic rings. The SMILES string of the molecule is [N-]=[N+]=NC(=O)c1c[nH]c2ncccc12. The number of hydrogen-bond acceptors (Lipinski definition) is 2. The summed E-state index contributed by atoms with van der Waals surface area (Å²) >= 11 is 0. The second-order valence-electron chi connectivity index (χ2n) is 2.60. The van der Waals surface area contributed by atoms with Gasteiger partial charge in [-0.15, -0.1) is 0 Å². The maximum Gasteiger partial charge on any atom is 0.251 e. The van der Waals surface area contributed by atoms with E-state index in [-0.39, 0.29) is 0 Å². The number of azide groups is 1. The number of rotatable bonds is 1. The third-order valence-electron chi connectivity index (χ3n) is 1.82. The Hall–Kier alpha value is -2.33. The molecule has 68 valence electrons. The first-order chi connectivity index (χ1) is 6.83. The van der Waals surface area contributed by atoms with Crippen LogP contribution in [0.15, 0.2) is 29.6 Å². The van der Waals surface area contributed by atoms with Crippen molar-refractivity contribution < 1.29 is 4.79 Å². The summed E-state index contributed by atoms with van der Waals surface area (Å²) in [6.07, 6.45) is 3.09. The standard InChI is InChI=1S/C8H5N5O/c9-13-12-8(14)6-4-11-7-5(6)2-1-3-10-7/h1-4H,(H,10,11). The number of aromatic nitrogens is 2. The number of carbonyl (C=O) groups is 1. The first-order valence-corrected chi connectivity index (χ1v) is 3.84. The van der Waals surface area contributed by atoms with Crippen LogP contribution in [0.1, 0.15) is 10.4 Å². The normalized spacial score (nSPS) is 9.71. The van der Waals surface area contributed by atoms with Crippen molar-refractivity contribution in [2.45, 2.75) is 0 Å². The summed E-state index contributed by atoms with van der Waals surface area (Å²) in [5.74, 6) is -0.605. The molecule has 6 nitrogen and oxygen atoms in total. The maximum atomic E-state index is 11.3. The molecule has 0 aliphatic rings. The van der Waals surface area contributed by atoms with Gasteiger partial charge in [-0.1, -0.05) is 0 Å². The molecule has 0 unspecified atom stereocenters. The lowest BCUT2D eigenvalue weighted by atomic mass is 10.2. The van der Waals surface area contributed by atoms with E-state index in [0.29, 0.717) is 16.6 Å². The number of H-pyrrole nitrogens is 1. The Kier molecular flexibility index (Phi) is 1.89. The van der Waals surface area contributed by atoms with Gasteiger partial charge in [0, 0.05) is 22.7 Å². The number of hydrogen-bond donors (Lipinski definition) is 1. The molecule has 6 heteroatoms. The van der Waals surface area contributed by atoms with E-state index in [4.69, 9.17) is 5.53 Å². The predicted molar refractivity (Wildman–Crippen MR) is 49.6 cm³/mol. The first-order valence-electron chi connectivity index (χ1n) is 3.84. The van der Waals surface area contributed by atoms with Crippen LogP contribution in [0, 0.1) is 0 Å². The fraction of sp³-hybridized carbons (Fsp3) is 0. The van der Waals surface area contributed by atoms with Gasteiger partial charge in [0.1, 0.15) is 5.65 Å². The lowest BCUT2D eigenvalue weighted by Crippen LogP contribution is -1.90. The van der Waals surface area contributed by atoms with Gasteiger partial charge in [-0.05, 0) is 22.8 Å². The number of carbonyl (C=O) groups excluding carboxylic acids is 1. The summed E-state index contributed by atoms with van der Waals surface area (Å²) < 4.78 is 0. The number of pyridine rings is 1. The van der Waals surface area contributed by atoms with Crippen molar-refractivity contribution in [3.8, 4) is 0 Å². The van der Waals surface area contributed by atoms with Crippen molar-refractivity contribution in [2.75, 3.05) is 0 Å². The number of nitrogens with one attached hydrogen (secondary N) is 1. The van der Waals surface area contributed by atoms with Crippen LogP contribution in [0.25, 0.3) is 21.5 Å². The van der Waals surface area contributed by atoms with Crippen LogP contribution >= 0.6 is 0 Å². The molecule has 1 amide bonds. The molecule has 0 aromatic carbocycles. The number of nitrogens with zero attached hydrogens (tertiary/aromatic N) is 4. The van der Waals surface area contributed by atoms with Crippen LogP contribution in [-0.2, 0) is 0 Å². The molecular weight excluding hydrogens is 182 g/mol. The fourth-order valence-electron chi connectivity index (χ4n) is 1.23. The molecule has 2 heterocycles. The molecule has 0 aliphatic heterocycles. The van der Waals surface area contributed by atoms with Gasteiger partial charge < -0.3 is 4.98 Å². The monoisotopic (exact) mass is 187 g/mol. The summed E-state index contributed by atoms with van der Waals surface area (Å²) in [4.78, 5) is 20.5. The molecular formula is C8H5N5O. The topological polar surface area (TPSA) is 94.5 Å². The van der Waals surface area contributed by atoms with E-state index in [9.17, 15) is 4.79 Å². The van der Waals surface area contributed by atoms with Crippen LogP contribution in [0.3, 0.4) is 0 Å². The van der Waals surface area contributed by atoms with Crippen molar-refractivity contribution in [1.82, 2.24) is 9.97 Å². The Bertz CT molecular complexity index is 537. The zero-order valence-electron chi connectivity index (χ0n) is 7.01. The van der Waals surface area contributed by atoms with E-state index in [1.807, 2.05) is 0 Å². The van der Waals surface area contributed by atoms with Gasteiger partial charge in [-0.3, -0.25) is 4.79 Å². The molecule has 2 rings (SSSR count). The molecule has 14 heavy (non-hydrogen) atoms. The average Bonchev–Trinajstić information content (AvgIpc) is 2.61. The Morgan fingerprint density at radius 1 is 1.64 bits per heavy atom. The number of amides is 1. The van der Waals surface area contributed by atoms with Crippen molar-refractivity contribution in [3.05, 3.63) is 40.5 Å². The fourth-order valence-corrected chi connectivity index (χ4v) is 1.23.